The molecule has 0 amide bonds. The molecule has 1 heteroatoms. The Bertz CT molecular complexity index is 1070. The highest BCUT2D eigenvalue weighted by molar-refractivity contribution is 5.71. The Hall–Kier alpha value is -1.60. The normalized spacial score (nSPS) is 45.5. The van der Waals surface area contributed by atoms with Crippen molar-refractivity contribution in [2.24, 2.45) is 47.3 Å². The predicted molar refractivity (Wildman–Crippen MR) is 144 cm³/mol. The molecular formula is C34H42N. The largest absolute Gasteiger partial charge is 0.305 e. The molecule has 5 atom stereocenters. The maximum Gasteiger partial charge on any atom is 0.0221 e. The highest BCUT2D eigenvalue weighted by atomic mass is 15.1. The van der Waals surface area contributed by atoms with E-state index in [0.717, 1.165) is 47.3 Å². The minimum atomic E-state index is 0.241. The lowest BCUT2D eigenvalue weighted by Crippen LogP contribution is -2.69. The van der Waals surface area contributed by atoms with Crippen LogP contribution in [0.2, 0.25) is 0 Å². The third kappa shape index (κ3) is 2.97. The van der Waals surface area contributed by atoms with Gasteiger partial charge >= 0.3 is 0 Å². The van der Waals surface area contributed by atoms with Gasteiger partial charge in [-0.15, -0.1) is 0 Å². The number of rotatable bonds is 4. The number of likely N-dealkylation sites (N-methyl/N-ethyl adjacent to an activating group) is 1. The zero-order valence-electron chi connectivity index (χ0n) is 21.7. The molecular weight excluding hydrogens is 422 g/mol. The Morgan fingerprint density at radius 2 is 1.31 bits per heavy atom. The summed E-state index contributed by atoms with van der Waals surface area (Å²) >= 11 is 0. The number of hydrogen-bond acceptors (Lipinski definition) is 1. The van der Waals surface area contributed by atoms with Gasteiger partial charge in [0.25, 0.3) is 0 Å². The molecule has 1 nitrogen and oxygen atoms in total. The third-order valence-electron chi connectivity index (χ3n) is 12.0. The summed E-state index contributed by atoms with van der Waals surface area (Å²) in [5.41, 5.74) is 4.86. The van der Waals surface area contributed by atoms with Crippen LogP contribution in [0.5, 0.6) is 0 Å². The molecule has 8 bridgehead atoms. The summed E-state index contributed by atoms with van der Waals surface area (Å²) in [4.78, 5) is 2.68. The Morgan fingerprint density at radius 1 is 0.657 bits per heavy atom. The van der Waals surface area contributed by atoms with E-state index < -0.39 is 0 Å². The van der Waals surface area contributed by atoms with Crippen molar-refractivity contribution in [2.75, 3.05) is 14.1 Å². The molecule has 0 spiro atoms. The van der Waals surface area contributed by atoms with Crippen molar-refractivity contribution in [1.29, 1.82) is 0 Å². The van der Waals surface area contributed by atoms with Gasteiger partial charge < -0.3 is 4.90 Å². The van der Waals surface area contributed by atoms with E-state index in [1.54, 1.807) is 37.7 Å². The second-order valence-electron chi connectivity index (χ2n) is 13.9. The molecule has 1 radical (unpaired) electrons. The standard InChI is InChI=1S/C34H42N/c1-35(2)33-28-18-23-17-27(19-28)32(31-25-13-21-12-22(15-25)16-26(31)14-21)34(33,20-23)30-11-7-6-10-29(30)24-8-4-3-5-9-24/h3-11,21-23,25-28,31,33H,12-20H2,1-2H3. The van der Waals surface area contributed by atoms with Crippen LogP contribution in [-0.2, 0) is 5.41 Å². The van der Waals surface area contributed by atoms with E-state index in [2.05, 4.69) is 79.5 Å². The molecule has 10 rings (SSSR count). The van der Waals surface area contributed by atoms with Gasteiger partial charge in [-0.2, -0.15) is 0 Å². The van der Waals surface area contributed by atoms with Crippen molar-refractivity contribution in [1.82, 2.24) is 4.90 Å². The highest BCUT2D eigenvalue weighted by Gasteiger charge is 2.68. The zero-order valence-corrected chi connectivity index (χ0v) is 21.7. The van der Waals surface area contributed by atoms with Crippen molar-refractivity contribution < 1.29 is 0 Å². The average molecular weight is 465 g/mol. The minimum Gasteiger partial charge on any atom is -0.305 e. The van der Waals surface area contributed by atoms with Gasteiger partial charge in [-0.25, -0.2) is 0 Å². The summed E-state index contributed by atoms with van der Waals surface area (Å²) in [6, 6.07) is 21.7. The third-order valence-corrected chi connectivity index (χ3v) is 12.0. The van der Waals surface area contributed by atoms with Crippen molar-refractivity contribution in [2.45, 2.75) is 69.2 Å². The number of benzene rings is 2. The van der Waals surface area contributed by atoms with Crippen LogP contribution in [0.25, 0.3) is 11.1 Å². The van der Waals surface area contributed by atoms with E-state index >= 15 is 0 Å². The van der Waals surface area contributed by atoms with Crippen LogP contribution in [-0.4, -0.2) is 25.0 Å². The quantitative estimate of drug-likeness (QED) is 0.450. The first-order valence-corrected chi connectivity index (χ1v) is 14.8. The van der Waals surface area contributed by atoms with Crippen molar-refractivity contribution in [3.8, 4) is 11.1 Å². The van der Waals surface area contributed by atoms with Crippen molar-refractivity contribution >= 4 is 0 Å². The molecule has 8 aliphatic rings. The maximum atomic E-state index is 2.68. The van der Waals surface area contributed by atoms with Gasteiger partial charge in [0.15, 0.2) is 0 Å². The molecule has 0 aromatic heterocycles. The number of nitrogens with zero attached hydrogens (tertiary/aromatic N) is 1. The van der Waals surface area contributed by atoms with Crippen LogP contribution in [0.4, 0.5) is 0 Å². The van der Waals surface area contributed by atoms with Gasteiger partial charge in [0.05, 0.1) is 0 Å². The first-order valence-electron chi connectivity index (χ1n) is 14.8. The van der Waals surface area contributed by atoms with Gasteiger partial charge in [0, 0.05) is 11.5 Å². The van der Waals surface area contributed by atoms with Crippen LogP contribution in [0.3, 0.4) is 0 Å². The molecule has 2 aromatic carbocycles. The van der Waals surface area contributed by atoms with Gasteiger partial charge in [-0.05, 0) is 142 Å². The van der Waals surface area contributed by atoms with E-state index in [1.165, 1.54) is 36.8 Å². The number of hydrogen-bond donors (Lipinski definition) is 0. The molecule has 0 saturated heterocycles. The Labute approximate surface area is 212 Å². The molecule has 5 unspecified atom stereocenters. The summed E-state index contributed by atoms with van der Waals surface area (Å²) in [6.45, 7) is 0. The first-order chi connectivity index (χ1) is 17.1. The first kappa shape index (κ1) is 21.5. The molecule has 2 aromatic rings. The summed E-state index contributed by atoms with van der Waals surface area (Å²) in [5, 5.41) is 0. The van der Waals surface area contributed by atoms with Gasteiger partial charge in [0.2, 0.25) is 0 Å². The zero-order chi connectivity index (χ0) is 23.3. The lowest BCUT2D eigenvalue weighted by molar-refractivity contribution is -0.107. The maximum absolute atomic E-state index is 2.68. The lowest BCUT2D eigenvalue weighted by Gasteiger charge is -2.71. The second kappa shape index (κ2) is 7.70. The molecule has 0 aliphatic heterocycles. The SMILES string of the molecule is CN(C)C1C2CC3CC(C2)[C](C2C4CC5CC(C4)CC2C5)C1(c1ccccc1-c1ccccc1)C3. The molecule has 0 N–H and O–H groups in total. The fourth-order valence-electron chi connectivity index (χ4n) is 11.8. The second-order valence-corrected chi connectivity index (χ2v) is 13.9. The van der Waals surface area contributed by atoms with Gasteiger partial charge in [0.1, 0.15) is 0 Å². The summed E-state index contributed by atoms with van der Waals surface area (Å²) in [6.07, 6.45) is 13.6. The Balaban J connectivity index is 1.34. The van der Waals surface area contributed by atoms with E-state index in [9.17, 15) is 0 Å². The van der Waals surface area contributed by atoms with Gasteiger partial charge in [-0.1, -0.05) is 54.6 Å². The number of fused-ring (bicyclic) bond motifs is 1. The van der Waals surface area contributed by atoms with E-state index in [4.69, 9.17) is 0 Å². The van der Waals surface area contributed by atoms with E-state index in [-0.39, 0.29) is 5.41 Å². The van der Waals surface area contributed by atoms with Crippen LogP contribution >= 0.6 is 0 Å². The molecule has 35 heavy (non-hydrogen) atoms. The average Bonchev–Trinajstić information content (AvgIpc) is 2.85. The summed E-state index contributed by atoms with van der Waals surface area (Å²) < 4.78 is 0. The highest BCUT2D eigenvalue weighted by Crippen LogP contribution is 2.72. The molecule has 0 heterocycles. The molecule has 8 saturated carbocycles. The van der Waals surface area contributed by atoms with Crippen LogP contribution in [0, 0.1) is 53.3 Å². The molecule has 8 fully saturated rings. The Kier molecular flexibility index (Phi) is 4.73. The van der Waals surface area contributed by atoms with Gasteiger partial charge in [-0.3, -0.25) is 0 Å². The predicted octanol–water partition coefficient (Wildman–Crippen LogP) is 7.62. The van der Waals surface area contributed by atoms with Crippen LogP contribution in [0.1, 0.15) is 63.4 Å². The summed E-state index contributed by atoms with van der Waals surface area (Å²) in [5.74, 6) is 9.76. The van der Waals surface area contributed by atoms with Crippen LogP contribution < -0.4 is 0 Å². The smallest absolute Gasteiger partial charge is 0.0221 e. The van der Waals surface area contributed by atoms with Crippen LogP contribution in [0.15, 0.2) is 54.6 Å². The fourth-order valence-corrected chi connectivity index (χ4v) is 11.8. The van der Waals surface area contributed by atoms with E-state index in [1.807, 2.05) is 0 Å². The van der Waals surface area contributed by atoms with E-state index in [0.29, 0.717) is 6.04 Å². The van der Waals surface area contributed by atoms with Crippen molar-refractivity contribution in [3.05, 3.63) is 66.1 Å². The lowest BCUT2D eigenvalue weighted by atomic mass is 9.35. The summed E-state index contributed by atoms with van der Waals surface area (Å²) in [7, 11) is 4.82. The molecule has 183 valence electrons. The topological polar surface area (TPSA) is 3.24 Å². The fraction of sp³-hybridized carbons (Fsp3) is 0.618. The van der Waals surface area contributed by atoms with Crippen molar-refractivity contribution in [3.63, 3.8) is 0 Å². The monoisotopic (exact) mass is 464 g/mol. The minimum absolute atomic E-state index is 0.241. The Morgan fingerprint density at radius 3 is 2.03 bits per heavy atom. The molecule has 8 aliphatic carbocycles.